The lowest BCUT2D eigenvalue weighted by atomic mass is 10.0. The summed E-state index contributed by atoms with van der Waals surface area (Å²) in [5.41, 5.74) is 5.69. The van der Waals surface area contributed by atoms with Crippen molar-refractivity contribution in [2.45, 2.75) is 38.6 Å². The minimum Gasteiger partial charge on any atom is -0.328 e. The first-order valence-electron chi connectivity index (χ1n) is 3.93. The lowest BCUT2D eigenvalue weighted by molar-refractivity contribution is -0.117. The molecule has 0 bridgehead atoms. The van der Waals surface area contributed by atoms with Gasteiger partial charge in [-0.25, -0.2) is 0 Å². The third kappa shape index (κ3) is 2.10. The van der Waals surface area contributed by atoms with Crippen LogP contribution in [0.5, 0.6) is 0 Å². The van der Waals surface area contributed by atoms with E-state index in [2.05, 4.69) is 0 Å². The Morgan fingerprint density at radius 3 is 2.70 bits per heavy atom. The fourth-order valence-electron chi connectivity index (χ4n) is 1.71. The zero-order valence-electron chi connectivity index (χ0n) is 6.47. The van der Waals surface area contributed by atoms with E-state index in [0.717, 1.165) is 25.7 Å². The fourth-order valence-corrected chi connectivity index (χ4v) is 1.71. The first-order chi connectivity index (χ1) is 4.68. The number of carbonyl (C=O) groups is 1. The van der Waals surface area contributed by atoms with Crippen molar-refractivity contribution in [1.82, 2.24) is 0 Å². The van der Waals surface area contributed by atoms with Crippen LogP contribution in [0, 0.1) is 5.92 Å². The molecule has 2 nitrogen and oxygen atoms in total. The van der Waals surface area contributed by atoms with Crippen molar-refractivity contribution >= 4 is 5.78 Å². The van der Waals surface area contributed by atoms with E-state index < -0.39 is 0 Å². The topological polar surface area (TPSA) is 43.1 Å². The van der Waals surface area contributed by atoms with E-state index in [9.17, 15) is 4.79 Å². The van der Waals surface area contributed by atoms with E-state index in [1.807, 2.05) is 0 Å². The molecule has 0 unspecified atom stereocenters. The van der Waals surface area contributed by atoms with Crippen molar-refractivity contribution in [3.05, 3.63) is 0 Å². The van der Waals surface area contributed by atoms with E-state index >= 15 is 0 Å². The second kappa shape index (κ2) is 3.15. The van der Waals surface area contributed by atoms with Crippen LogP contribution in [0.2, 0.25) is 0 Å². The van der Waals surface area contributed by atoms with Gasteiger partial charge < -0.3 is 10.5 Å². The van der Waals surface area contributed by atoms with Gasteiger partial charge in [-0.3, -0.25) is 0 Å². The maximum atomic E-state index is 10.7. The van der Waals surface area contributed by atoms with Crippen LogP contribution in [0.1, 0.15) is 32.6 Å². The molecule has 0 amide bonds. The van der Waals surface area contributed by atoms with Gasteiger partial charge in [0.2, 0.25) is 0 Å². The van der Waals surface area contributed by atoms with E-state index in [4.69, 9.17) is 5.73 Å². The van der Waals surface area contributed by atoms with E-state index in [1.165, 1.54) is 0 Å². The van der Waals surface area contributed by atoms with Crippen molar-refractivity contribution in [2.24, 2.45) is 11.7 Å². The molecular weight excluding hydrogens is 126 g/mol. The molecule has 0 saturated heterocycles. The summed E-state index contributed by atoms with van der Waals surface area (Å²) in [5, 5.41) is 0. The monoisotopic (exact) mass is 141 g/mol. The summed E-state index contributed by atoms with van der Waals surface area (Å²) < 4.78 is 0. The van der Waals surface area contributed by atoms with Gasteiger partial charge in [0.1, 0.15) is 5.78 Å². The van der Waals surface area contributed by atoms with E-state index in [1.54, 1.807) is 6.92 Å². The highest BCUT2D eigenvalue weighted by atomic mass is 16.1. The second-order valence-corrected chi connectivity index (χ2v) is 3.35. The van der Waals surface area contributed by atoms with Crippen molar-refractivity contribution < 1.29 is 4.79 Å². The minimum atomic E-state index is 0.305. The number of rotatable bonds is 2. The molecule has 0 spiro atoms. The molecule has 2 heteroatoms. The number of hydrogen-bond donors (Lipinski definition) is 1. The molecule has 0 aromatic heterocycles. The van der Waals surface area contributed by atoms with Crippen molar-refractivity contribution in [3.63, 3.8) is 0 Å². The highest BCUT2D eigenvalue weighted by Gasteiger charge is 2.22. The average Bonchev–Trinajstić information content (AvgIpc) is 2.13. The summed E-state index contributed by atoms with van der Waals surface area (Å²) in [5.74, 6) is 0.895. The van der Waals surface area contributed by atoms with Crippen LogP contribution in [0.4, 0.5) is 0 Å². The number of hydrogen-bond acceptors (Lipinski definition) is 2. The molecule has 0 aliphatic heterocycles. The van der Waals surface area contributed by atoms with Gasteiger partial charge in [0.25, 0.3) is 0 Å². The van der Waals surface area contributed by atoms with Gasteiger partial charge >= 0.3 is 0 Å². The highest BCUT2D eigenvalue weighted by Crippen LogP contribution is 2.26. The molecular formula is C8H15NO. The normalized spacial score (nSPS) is 32.6. The molecule has 1 aliphatic rings. The zero-order valence-corrected chi connectivity index (χ0v) is 6.47. The first kappa shape index (κ1) is 7.73. The predicted molar refractivity (Wildman–Crippen MR) is 40.6 cm³/mol. The Hall–Kier alpha value is -0.370. The summed E-state index contributed by atoms with van der Waals surface area (Å²) in [6.07, 6.45) is 4.06. The van der Waals surface area contributed by atoms with Crippen LogP contribution in [-0.2, 0) is 4.79 Å². The Morgan fingerprint density at radius 1 is 1.60 bits per heavy atom. The summed E-state index contributed by atoms with van der Waals surface area (Å²) in [7, 11) is 0. The molecule has 0 aromatic carbocycles. The van der Waals surface area contributed by atoms with Crippen LogP contribution >= 0.6 is 0 Å². The molecule has 0 heterocycles. The quantitative estimate of drug-likeness (QED) is 0.625. The average molecular weight is 141 g/mol. The number of Topliss-reactive ketones (excluding diaryl/α,β-unsaturated/α-hetero) is 1. The third-order valence-electron chi connectivity index (χ3n) is 2.16. The number of carbonyl (C=O) groups excluding carboxylic acids is 1. The molecule has 2 N–H and O–H groups in total. The van der Waals surface area contributed by atoms with Crippen LogP contribution in [-0.4, -0.2) is 11.8 Å². The number of nitrogens with two attached hydrogens (primary N) is 1. The van der Waals surface area contributed by atoms with Gasteiger partial charge in [-0.1, -0.05) is 0 Å². The Labute approximate surface area is 61.8 Å². The summed E-state index contributed by atoms with van der Waals surface area (Å²) >= 11 is 0. The highest BCUT2D eigenvalue weighted by molar-refractivity contribution is 5.75. The summed E-state index contributed by atoms with van der Waals surface area (Å²) in [6, 6.07) is 0.365. The fraction of sp³-hybridized carbons (Fsp3) is 0.875. The third-order valence-corrected chi connectivity index (χ3v) is 2.16. The Kier molecular flexibility index (Phi) is 2.44. The smallest absolute Gasteiger partial charge is 0.130 e. The Bertz CT molecular complexity index is 133. The zero-order chi connectivity index (χ0) is 7.56. The van der Waals surface area contributed by atoms with E-state index in [-0.39, 0.29) is 0 Å². The molecule has 1 rings (SSSR count). The molecule has 1 fully saturated rings. The summed E-state index contributed by atoms with van der Waals surface area (Å²) in [6.45, 7) is 1.66. The molecule has 0 radical (unpaired) electrons. The van der Waals surface area contributed by atoms with Gasteiger partial charge in [-0.2, -0.15) is 0 Å². The van der Waals surface area contributed by atoms with E-state index in [0.29, 0.717) is 17.7 Å². The largest absolute Gasteiger partial charge is 0.328 e. The van der Waals surface area contributed by atoms with Crippen molar-refractivity contribution in [3.8, 4) is 0 Å². The Balaban J connectivity index is 2.24. The molecule has 1 aliphatic carbocycles. The lowest BCUT2D eigenvalue weighted by Gasteiger charge is -2.04. The summed E-state index contributed by atoms with van der Waals surface area (Å²) in [4.78, 5) is 10.7. The maximum absolute atomic E-state index is 10.7. The van der Waals surface area contributed by atoms with Crippen molar-refractivity contribution in [1.29, 1.82) is 0 Å². The predicted octanol–water partition coefficient (Wildman–Crippen LogP) is 1.09. The second-order valence-electron chi connectivity index (χ2n) is 3.35. The number of ketones is 1. The van der Waals surface area contributed by atoms with Crippen LogP contribution in [0.15, 0.2) is 0 Å². The first-order valence-corrected chi connectivity index (χ1v) is 3.93. The van der Waals surface area contributed by atoms with Crippen molar-refractivity contribution in [2.75, 3.05) is 0 Å². The van der Waals surface area contributed by atoms with Gasteiger partial charge in [-0.15, -0.1) is 0 Å². The molecule has 10 heavy (non-hydrogen) atoms. The van der Waals surface area contributed by atoms with Crippen LogP contribution in [0.3, 0.4) is 0 Å². The molecule has 0 aromatic rings. The lowest BCUT2D eigenvalue weighted by Crippen LogP contribution is -2.15. The van der Waals surface area contributed by atoms with Gasteiger partial charge in [0, 0.05) is 12.5 Å². The van der Waals surface area contributed by atoms with Crippen LogP contribution in [0.25, 0.3) is 0 Å². The molecule has 2 atom stereocenters. The maximum Gasteiger partial charge on any atom is 0.130 e. The van der Waals surface area contributed by atoms with Crippen LogP contribution < -0.4 is 5.73 Å². The van der Waals surface area contributed by atoms with Gasteiger partial charge in [-0.05, 0) is 32.1 Å². The van der Waals surface area contributed by atoms with Gasteiger partial charge in [0.15, 0.2) is 0 Å². The standard InChI is InChI=1S/C8H15NO/c1-6(10)4-7-2-3-8(9)5-7/h7-8H,2-5,9H2,1H3/t7-,8-/m0/s1. The minimum absolute atomic E-state index is 0.305. The molecule has 58 valence electrons. The SMILES string of the molecule is CC(=O)C[C@@H]1CC[C@H](N)C1. The molecule has 1 saturated carbocycles. The Morgan fingerprint density at radius 2 is 2.30 bits per heavy atom. The van der Waals surface area contributed by atoms with Gasteiger partial charge in [0.05, 0.1) is 0 Å².